The highest BCUT2D eigenvalue weighted by molar-refractivity contribution is 7.16. The van der Waals surface area contributed by atoms with E-state index in [1.165, 1.54) is 22.0 Å². The first-order valence-corrected chi connectivity index (χ1v) is 6.95. The van der Waals surface area contributed by atoms with E-state index in [2.05, 4.69) is 5.32 Å². The summed E-state index contributed by atoms with van der Waals surface area (Å²) >= 11 is 7.32. The molecule has 0 radical (unpaired) electrons. The van der Waals surface area contributed by atoms with Gasteiger partial charge in [0.1, 0.15) is 0 Å². The summed E-state index contributed by atoms with van der Waals surface area (Å²) in [5.74, 6) is -0.236. The Bertz CT molecular complexity index is 648. The predicted molar refractivity (Wildman–Crippen MR) is 77.0 cm³/mol. The maximum Gasteiger partial charge on any atom is 0.251 e. The van der Waals surface area contributed by atoms with Crippen LogP contribution < -0.4 is 10.9 Å². The fourth-order valence-electron chi connectivity index (χ4n) is 1.58. The SMILES string of the molecule is Cn1ccc(C(=O)NCCc2ccc(Cl)s2)cc1=O. The lowest BCUT2D eigenvalue weighted by atomic mass is 10.2. The van der Waals surface area contributed by atoms with Crippen molar-refractivity contribution < 1.29 is 4.79 Å². The maximum absolute atomic E-state index is 11.8. The Hall–Kier alpha value is -1.59. The number of rotatable bonds is 4. The van der Waals surface area contributed by atoms with E-state index in [1.54, 1.807) is 19.3 Å². The van der Waals surface area contributed by atoms with Crippen LogP contribution in [0, 0.1) is 0 Å². The summed E-state index contributed by atoms with van der Waals surface area (Å²) in [4.78, 5) is 24.4. The summed E-state index contributed by atoms with van der Waals surface area (Å²) in [6.07, 6.45) is 2.31. The minimum atomic E-state index is -0.236. The lowest BCUT2D eigenvalue weighted by molar-refractivity contribution is 0.0954. The van der Waals surface area contributed by atoms with Gasteiger partial charge in [-0.2, -0.15) is 0 Å². The zero-order chi connectivity index (χ0) is 13.8. The summed E-state index contributed by atoms with van der Waals surface area (Å²) in [5, 5.41) is 2.78. The van der Waals surface area contributed by atoms with E-state index in [-0.39, 0.29) is 11.5 Å². The molecule has 4 nitrogen and oxygen atoms in total. The molecule has 100 valence electrons. The standard InChI is InChI=1S/C13H13ClN2O2S/c1-16-7-5-9(8-12(16)17)13(18)15-6-4-10-2-3-11(14)19-10/h2-3,5,7-8H,4,6H2,1H3,(H,15,18). The van der Waals surface area contributed by atoms with Crippen LogP contribution in [0.25, 0.3) is 0 Å². The number of hydrogen-bond donors (Lipinski definition) is 1. The molecule has 0 saturated heterocycles. The minimum absolute atomic E-state index is 0.197. The normalized spacial score (nSPS) is 10.4. The van der Waals surface area contributed by atoms with E-state index in [9.17, 15) is 9.59 Å². The highest BCUT2D eigenvalue weighted by Gasteiger charge is 2.06. The van der Waals surface area contributed by atoms with Crippen LogP contribution in [0.1, 0.15) is 15.2 Å². The third-order valence-electron chi connectivity index (χ3n) is 2.65. The zero-order valence-electron chi connectivity index (χ0n) is 10.4. The van der Waals surface area contributed by atoms with Gasteiger partial charge in [-0.15, -0.1) is 11.3 Å². The average molecular weight is 297 g/mol. The van der Waals surface area contributed by atoms with Crippen LogP contribution in [0.2, 0.25) is 4.34 Å². The Labute approximate surface area is 119 Å². The molecule has 2 aromatic heterocycles. The topological polar surface area (TPSA) is 51.1 Å². The monoisotopic (exact) mass is 296 g/mol. The second kappa shape index (κ2) is 6.04. The van der Waals surface area contributed by atoms with Gasteiger partial charge in [0.25, 0.3) is 11.5 Å². The quantitative estimate of drug-likeness (QED) is 0.939. The minimum Gasteiger partial charge on any atom is -0.352 e. The van der Waals surface area contributed by atoms with Gasteiger partial charge < -0.3 is 9.88 Å². The first-order chi connectivity index (χ1) is 9.06. The number of halogens is 1. The van der Waals surface area contributed by atoms with Gasteiger partial charge >= 0.3 is 0 Å². The number of hydrogen-bond acceptors (Lipinski definition) is 3. The number of nitrogens with one attached hydrogen (secondary N) is 1. The van der Waals surface area contributed by atoms with E-state index >= 15 is 0 Å². The van der Waals surface area contributed by atoms with Crippen molar-refractivity contribution in [3.05, 3.63) is 55.6 Å². The summed E-state index contributed by atoms with van der Waals surface area (Å²) in [6.45, 7) is 0.519. The molecule has 0 saturated carbocycles. The highest BCUT2D eigenvalue weighted by atomic mass is 35.5. The van der Waals surface area contributed by atoms with Crippen LogP contribution in [0.5, 0.6) is 0 Å². The molecule has 0 aliphatic carbocycles. The van der Waals surface area contributed by atoms with Gasteiger partial charge in [0.05, 0.1) is 4.34 Å². The van der Waals surface area contributed by atoms with Crippen LogP contribution in [0.4, 0.5) is 0 Å². The number of carbonyl (C=O) groups excluding carboxylic acids is 1. The van der Waals surface area contributed by atoms with E-state index in [0.29, 0.717) is 12.1 Å². The number of pyridine rings is 1. The van der Waals surface area contributed by atoms with Crippen molar-refractivity contribution in [1.29, 1.82) is 0 Å². The molecule has 6 heteroatoms. The molecule has 0 aliphatic heterocycles. The third kappa shape index (κ3) is 3.68. The zero-order valence-corrected chi connectivity index (χ0v) is 11.9. The van der Waals surface area contributed by atoms with Crippen molar-refractivity contribution >= 4 is 28.8 Å². The van der Waals surface area contributed by atoms with Crippen molar-refractivity contribution in [2.24, 2.45) is 7.05 Å². The lowest BCUT2D eigenvalue weighted by Crippen LogP contribution is -2.27. The maximum atomic E-state index is 11.8. The van der Waals surface area contributed by atoms with Crippen molar-refractivity contribution in [3.63, 3.8) is 0 Å². The van der Waals surface area contributed by atoms with E-state index < -0.39 is 0 Å². The highest BCUT2D eigenvalue weighted by Crippen LogP contribution is 2.21. The molecule has 0 bridgehead atoms. The fraction of sp³-hybridized carbons (Fsp3) is 0.231. The van der Waals surface area contributed by atoms with Crippen LogP contribution in [0.3, 0.4) is 0 Å². The van der Waals surface area contributed by atoms with Gasteiger partial charge in [-0.1, -0.05) is 11.6 Å². The van der Waals surface area contributed by atoms with Crippen LogP contribution in [0.15, 0.2) is 35.3 Å². The molecule has 1 N–H and O–H groups in total. The largest absolute Gasteiger partial charge is 0.352 e. The molecule has 1 amide bonds. The Morgan fingerprint density at radius 2 is 2.21 bits per heavy atom. The molecule has 0 fully saturated rings. The second-order valence-electron chi connectivity index (χ2n) is 4.08. The molecule has 2 rings (SSSR count). The van der Waals surface area contributed by atoms with Crippen LogP contribution in [-0.4, -0.2) is 17.0 Å². The summed E-state index contributed by atoms with van der Waals surface area (Å²) in [6, 6.07) is 6.73. The van der Waals surface area contributed by atoms with Crippen molar-refractivity contribution in [1.82, 2.24) is 9.88 Å². The Morgan fingerprint density at radius 3 is 2.84 bits per heavy atom. The summed E-state index contributed by atoms with van der Waals surface area (Å²) < 4.78 is 2.16. The molecular weight excluding hydrogens is 284 g/mol. The summed E-state index contributed by atoms with van der Waals surface area (Å²) in [7, 11) is 1.64. The predicted octanol–water partition coefficient (Wildman–Crippen LogP) is 2.07. The number of aryl methyl sites for hydroxylation is 1. The lowest BCUT2D eigenvalue weighted by Gasteiger charge is -2.04. The van der Waals surface area contributed by atoms with Gasteiger partial charge in [-0.25, -0.2) is 0 Å². The van der Waals surface area contributed by atoms with Gasteiger partial charge in [0.2, 0.25) is 0 Å². The Balaban J connectivity index is 1.90. The summed E-state index contributed by atoms with van der Waals surface area (Å²) in [5.41, 5.74) is 0.185. The van der Waals surface area contributed by atoms with Gasteiger partial charge in [-0.3, -0.25) is 9.59 Å². The van der Waals surface area contributed by atoms with Crippen LogP contribution in [-0.2, 0) is 13.5 Å². The smallest absolute Gasteiger partial charge is 0.251 e. The van der Waals surface area contributed by atoms with Gasteiger partial charge in [0, 0.05) is 36.3 Å². The average Bonchev–Trinajstić information content (AvgIpc) is 2.78. The Morgan fingerprint density at radius 1 is 1.42 bits per heavy atom. The number of amides is 1. The molecule has 0 spiro atoms. The molecule has 0 atom stereocenters. The molecule has 2 heterocycles. The number of aromatic nitrogens is 1. The second-order valence-corrected chi connectivity index (χ2v) is 5.88. The molecule has 0 unspecified atom stereocenters. The number of thiophene rings is 1. The molecule has 0 aromatic carbocycles. The number of nitrogens with zero attached hydrogens (tertiary/aromatic N) is 1. The molecule has 19 heavy (non-hydrogen) atoms. The molecule has 2 aromatic rings. The van der Waals surface area contributed by atoms with Crippen molar-refractivity contribution in [2.45, 2.75) is 6.42 Å². The first kappa shape index (κ1) is 13.8. The van der Waals surface area contributed by atoms with Gasteiger partial charge in [-0.05, 0) is 24.6 Å². The van der Waals surface area contributed by atoms with Crippen LogP contribution >= 0.6 is 22.9 Å². The molecule has 0 aliphatic rings. The van der Waals surface area contributed by atoms with E-state index in [4.69, 9.17) is 11.6 Å². The van der Waals surface area contributed by atoms with E-state index in [1.807, 2.05) is 12.1 Å². The third-order valence-corrected chi connectivity index (χ3v) is 3.94. The molecular formula is C13H13ClN2O2S. The first-order valence-electron chi connectivity index (χ1n) is 5.75. The fourth-order valence-corrected chi connectivity index (χ4v) is 2.66. The van der Waals surface area contributed by atoms with E-state index in [0.717, 1.165) is 15.6 Å². The number of carbonyl (C=O) groups is 1. The Kier molecular flexibility index (Phi) is 4.39. The van der Waals surface area contributed by atoms with Gasteiger partial charge in [0.15, 0.2) is 0 Å². The van der Waals surface area contributed by atoms with Crippen molar-refractivity contribution in [3.8, 4) is 0 Å². The van der Waals surface area contributed by atoms with Crippen molar-refractivity contribution in [2.75, 3.05) is 6.54 Å².